The lowest BCUT2D eigenvalue weighted by Gasteiger charge is -2.23. The van der Waals surface area contributed by atoms with Gasteiger partial charge in [0.05, 0.1) is 33.1 Å². The zero-order chi connectivity index (χ0) is 23.3. The predicted octanol–water partition coefficient (Wildman–Crippen LogP) is 3.39. The molecule has 0 radical (unpaired) electrons. The zero-order valence-electron chi connectivity index (χ0n) is 18.3. The highest BCUT2D eigenvalue weighted by Crippen LogP contribution is 2.31. The van der Waals surface area contributed by atoms with Crippen molar-refractivity contribution in [2.75, 3.05) is 11.5 Å². The van der Waals surface area contributed by atoms with E-state index in [0.29, 0.717) is 46.8 Å². The minimum Gasteiger partial charge on any atom is -0.489 e. The lowest BCUT2D eigenvalue weighted by atomic mass is 10.2. The van der Waals surface area contributed by atoms with Gasteiger partial charge in [-0.15, -0.1) is 0 Å². The second-order valence-corrected chi connectivity index (χ2v) is 11.3. The summed E-state index contributed by atoms with van der Waals surface area (Å²) in [4.78, 5) is 24.8. The smallest absolute Gasteiger partial charge is 0.258 e. The molecule has 5 rings (SSSR count). The Hall–Kier alpha value is -2.91. The first-order valence-electron chi connectivity index (χ1n) is 10.7. The highest BCUT2D eigenvalue weighted by Gasteiger charge is 2.25. The molecule has 1 N–H and O–H groups in total. The second-order valence-electron chi connectivity index (χ2n) is 8.60. The summed E-state index contributed by atoms with van der Waals surface area (Å²) >= 11 is 6.35. The van der Waals surface area contributed by atoms with Gasteiger partial charge in [0.2, 0.25) is 0 Å². The van der Waals surface area contributed by atoms with Crippen LogP contribution in [-0.2, 0) is 16.3 Å². The van der Waals surface area contributed by atoms with E-state index in [4.69, 9.17) is 16.3 Å². The van der Waals surface area contributed by atoms with Crippen LogP contribution in [0.3, 0.4) is 0 Å². The summed E-state index contributed by atoms with van der Waals surface area (Å²) in [7, 11) is -2.99. The first kappa shape index (κ1) is 21.9. The van der Waals surface area contributed by atoms with Crippen molar-refractivity contribution in [3.8, 4) is 5.75 Å². The number of ether oxygens (including phenoxy) is 1. The third kappa shape index (κ3) is 4.47. The van der Waals surface area contributed by atoms with Gasteiger partial charge in [-0.25, -0.2) is 18.4 Å². The van der Waals surface area contributed by atoms with Gasteiger partial charge < -0.3 is 14.1 Å². The number of aromatic amines is 1. The molecule has 0 amide bonds. The molecular formula is C23H23ClN4O4S. The molecule has 1 saturated heterocycles. The fourth-order valence-electron chi connectivity index (χ4n) is 4.07. The third-order valence-corrected chi connectivity index (χ3v) is 8.07. The highest BCUT2D eigenvalue weighted by atomic mass is 35.5. The van der Waals surface area contributed by atoms with Gasteiger partial charge in [-0.3, -0.25) is 4.79 Å². The number of fused-ring (bicyclic) bond motifs is 2. The molecule has 8 nitrogen and oxygen atoms in total. The molecular weight excluding hydrogens is 464 g/mol. The Balaban J connectivity index is 1.44. The number of aryl methyl sites for hydroxylation is 2. The van der Waals surface area contributed by atoms with E-state index in [9.17, 15) is 13.2 Å². The van der Waals surface area contributed by atoms with Gasteiger partial charge in [-0.1, -0.05) is 11.6 Å². The molecule has 0 bridgehead atoms. The molecule has 1 fully saturated rings. The summed E-state index contributed by atoms with van der Waals surface area (Å²) in [6.45, 7) is 4.09. The molecule has 1 aromatic carbocycles. The van der Waals surface area contributed by atoms with Gasteiger partial charge in [-0.2, -0.15) is 0 Å². The molecule has 1 aliphatic rings. The average molecular weight is 487 g/mol. The minimum atomic E-state index is -2.99. The number of pyridine rings is 1. The van der Waals surface area contributed by atoms with Gasteiger partial charge in [0.1, 0.15) is 23.3 Å². The summed E-state index contributed by atoms with van der Waals surface area (Å²) in [6.07, 6.45) is 4.91. The predicted molar refractivity (Wildman–Crippen MR) is 127 cm³/mol. The molecule has 0 saturated carbocycles. The van der Waals surface area contributed by atoms with E-state index in [2.05, 4.69) is 15.0 Å². The third-order valence-electron chi connectivity index (χ3n) is 6.06. The Labute approximate surface area is 195 Å². The van der Waals surface area contributed by atoms with E-state index in [1.165, 1.54) is 11.6 Å². The van der Waals surface area contributed by atoms with Crippen LogP contribution in [0, 0.1) is 13.8 Å². The summed E-state index contributed by atoms with van der Waals surface area (Å²) in [5.41, 5.74) is 4.14. The number of imidazole rings is 1. The Bertz CT molecular complexity index is 1510. The van der Waals surface area contributed by atoms with E-state index < -0.39 is 9.84 Å². The molecule has 0 spiro atoms. The van der Waals surface area contributed by atoms with Gasteiger partial charge >= 0.3 is 0 Å². The number of benzene rings is 1. The van der Waals surface area contributed by atoms with Crippen molar-refractivity contribution in [2.45, 2.75) is 39.2 Å². The van der Waals surface area contributed by atoms with Crippen LogP contribution in [0.25, 0.3) is 16.6 Å². The summed E-state index contributed by atoms with van der Waals surface area (Å²) in [6, 6.07) is 5.21. The maximum absolute atomic E-state index is 12.7. The molecule has 0 atom stereocenters. The largest absolute Gasteiger partial charge is 0.489 e. The maximum atomic E-state index is 12.7. The Morgan fingerprint density at radius 3 is 2.64 bits per heavy atom. The standard InChI is InChI=1S/C23H23ClN4O4S/c1-13-7-22-25-15(12-28(22)11-14(13)2)8-21-26-19-10-20(18(24)9-17(19)23(29)27-21)32-16-3-5-33(30,31)6-4-16/h7,9-12,16H,3-6,8H2,1-2H3,(H,26,27,29). The fourth-order valence-corrected chi connectivity index (χ4v) is 5.73. The Kier molecular flexibility index (Phi) is 5.41. The van der Waals surface area contributed by atoms with Crippen LogP contribution < -0.4 is 10.3 Å². The fraction of sp³-hybridized carbons (Fsp3) is 0.348. The lowest BCUT2D eigenvalue weighted by molar-refractivity contribution is 0.190. The van der Waals surface area contributed by atoms with Crippen LogP contribution in [0.2, 0.25) is 5.02 Å². The molecule has 10 heteroatoms. The SMILES string of the molecule is Cc1cc2nc(Cc3nc4cc(OC5CCS(=O)(=O)CC5)c(Cl)cc4c(=O)[nH]3)cn2cc1C. The molecule has 33 heavy (non-hydrogen) atoms. The normalized spacial score (nSPS) is 16.5. The highest BCUT2D eigenvalue weighted by molar-refractivity contribution is 7.91. The topological polar surface area (TPSA) is 106 Å². The van der Waals surface area contributed by atoms with E-state index in [1.54, 1.807) is 6.07 Å². The van der Waals surface area contributed by atoms with Crippen LogP contribution in [0.5, 0.6) is 5.75 Å². The molecule has 0 unspecified atom stereocenters. The Morgan fingerprint density at radius 1 is 1.12 bits per heavy atom. The number of rotatable bonds is 4. The van der Waals surface area contributed by atoms with Crippen molar-refractivity contribution in [3.05, 3.63) is 68.6 Å². The summed E-state index contributed by atoms with van der Waals surface area (Å²) < 4.78 is 31.3. The maximum Gasteiger partial charge on any atom is 0.258 e. The number of sulfone groups is 1. The van der Waals surface area contributed by atoms with Gasteiger partial charge in [0.25, 0.3) is 5.56 Å². The van der Waals surface area contributed by atoms with Crippen LogP contribution in [0.1, 0.15) is 35.5 Å². The number of hydrogen-bond donors (Lipinski definition) is 1. The molecule has 0 aliphatic carbocycles. The van der Waals surface area contributed by atoms with E-state index in [-0.39, 0.29) is 23.2 Å². The molecule has 4 aromatic rings. The number of nitrogens with zero attached hydrogens (tertiary/aromatic N) is 3. The first-order chi connectivity index (χ1) is 15.7. The first-order valence-corrected chi connectivity index (χ1v) is 12.9. The van der Waals surface area contributed by atoms with Gasteiger partial charge in [-0.05, 0) is 49.9 Å². The lowest BCUT2D eigenvalue weighted by Crippen LogP contribution is -2.30. The van der Waals surface area contributed by atoms with Crippen LogP contribution >= 0.6 is 11.6 Å². The van der Waals surface area contributed by atoms with E-state index in [1.807, 2.05) is 36.7 Å². The van der Waals surface area contributed by atoms with Crippen molar-refractivity contribution in [2.24, 2.45) is 0 Å². The monoisotopic (exact) mass is 486 g/mol. The molecule has 1 aliphatic heterocycles. The number of aromatic nitrogens is 4. The van der Waals surface area contributed by atoms with E-state index >= 15 is 0 Å². The average Bonchev–Trinajstić information content (AvgIpc) is 3.12. The molecule has 4 heterocycles. The second kappa shape index (κ2) is 8.14. The van der Waals surface area contributed by atoms with Crippen molar-refractivity contribution >= 4 is 38.0 Å². The minimum absolute atomic E-state index is 0.100. The molecule has 172 valence electrons. The van der Waals surface area contributed by atoms with Crippen molar-refractivity contribution in [1.29, 1.82) is 0 Å². The van der Waals surface area contributed by atoms with Crippen LogP contribution in [-0.4, -0.2) is 45.4 Å². The van der Waals surface area contributed by atoms with Crippen LogP contribution in [0.15, 0.2) is 35.4 Å². The van der Waals surface area contributed by atoms with Gasteiger partial charge in [0.15, 0.2) is 9.84 Å². The van der Waals surface area contributed by atoms with Crippen molar-refractivity contribution < 1.29 is 13.2 Å². The van der Waals surface area contributed by atoms with E-state index in [0.717, 1.165) is 16.9 Å². The summed E-state index contributed by atoms with van der Waals surface area (Å²) in [5.74, 6) is 1.09. The molecule has 3 aromatic heterocycles. The van der Waals surface area contributed by atoms with Crippen molar-refractivity contribution in [3.63, 3.8) is 0 Å². The number of nitrogens with one attached hydrogen (secondary N) is 1. The van der Waals surface area contributed by atoms with Crippen molar-refractivity contribution in [1.82, 2.24) is 19.4 Å². The Morgan fingerprint density at radius 2 is 1.88 bits per heavy atom. The number of hydrogen-bond acceptors (Lipinski definition) is 6. The number of H-pyrrole nitrogens is 1. The quantitative estimate of drug-likeness (QED) is 0.474. The number of halogens is 1. The van der Waals surface area contributed by atoms with Gasteiger partial charge in [0, 0.05) is 24.9 Å². The zero-order valence-corrected chi connectivity index (χ0v) is 19.8. The summed E-state index contributed by atoms with van der Waals surface area (Å²) in [5, 5.41) is 0.658. The van der Waals surface area contributed by atoms with Crippen LogP contribution in [0.4, 0.5) is 0 Å².